The normalized spacial score (nSPS) is 13.2. The lowest BCUT2D eigenvalue weighted by Crippen LogP contribution is -2.50. The van der Waals surface area contributed by atoms with Crippen LogP contribution in [0.15, 0.2) is 48.6 Å². The third-order valence-corrected chi connectivity index (χ3v) is 11.5. The molecule has 0 aliphatic carbocycles. The highest BCUT2D eigenvalue weighted by Crippen LogP contribution is 2.15. The quantitative estimate of drug-likeness (QED) is 0.0281. The molecule has 0 bridgehead atoms. The van der Waals surface area contributed by atoms with Crippen LogP contribution in [0.1, 0.15) is 226 Å². The minimum absolute atomic E-state index is 0.0557. The molecule has 0 aromatic heterocycles. The monoisotopic (exact) mass is 873 g/mol. The van der Waals surface area contributed by atoms with Gasteiger partial charge in [0.05, 0.1) is 34.4 Å². The van der Waals surface area contributed by atoms with Gasteiger partial charge in [-0.1, -0.05) is 184 Å². The molecule has 0 radical (unpaired) electrons. The van der Waals surface area contributed by atoms with Crippen LogP contribution in [0.3, 0.4) is 0 Å². The lowest BCUT2D eigenvalue weighted by atomic mass is 10.1. The fourth-order valence-electron chi connectivity index (χ4n) is 7.51. The van der Waals surface area contributed by atoms with Crippen LogP contribution >= 0.6 is 0 Å². The Bertz CT molecular complexity index is 1150. The predicted octanol–water partition coefficient (Wildman–Crippen LogP) is 14.8. The maximum atomic E-state index is 12.8. The van der Waals surface area contributed by atoms with Gasteiger partial charge in [-0.05, 0) is 70.6 Å². The Hall–Kier alpha value is -2.71. The lowest BCUT2D eigenvalue weighted by molar-refractivity contribution is -0.887. The average Bonchev–Trinajstić information content (AvgIpc) is 3.23. The number of esters is 2. The van der Waals surface area contributed by atoms with Gasteiger partial charge in [0.2, 0.25) is 0 Å². The van der Waals surface area contributed by atoms with Gasteiger partial charge in [0.15, 0.2) is 12.1 Å². The molecule has 0 saturated heterocycles. The largest absolute Gasteiger partial charge is 0.477 e. The van der Waals surface area contributed by atoms with E-state index in [0.717, 1.165) is 64.2 Å². The molecular weight excluding hydrogens is 775 g/mol. The van der Waals surface area contributed by atoms with Crippen LogP contribution in [0.25, 0.3) is 0 Å². The van der Waals surface area contributed by atoms with Gasteiger partial charge in [0.1, 0.15) is 6.61 Å². The van der Waals surface area contributed by atoms with Gasteiger partial charge in [-0.15, -0.1) is 0 Å². The second-order valence-electron chi connectivity index (χ2n) is 18.4. The summed E-state index contributed by atoms with van der Waals surface area (Å²) in [4.78, 5) is 37.2. The summed E-state index contributed by atoms with van der Waals surface area (Å²) in [5.41, 5.74) is 0. The molecule has 0 saturated carbocycles. The number of carbonyl (C=O) groups is 3. The fraction of sp³-hybridized carbons (Fsp3) is 0.796. The minimum Gasteiger partial charge on any atom is -0.477 e. The number of carbonyl (C=O) groups excluding carboxylic acids is 2. The number of aliphatic carboxylic acids is 1. The van der Waals surface area contributed by atoms with Crippen molar-refractivity contribution in [2.75, 3.05) is 41.0 Å². The topological polar surface area (TPSA) is 99.1 Å². The molecule has 2 atom stereocenters. The maximum Gasteiger partial charge on any atom is 0.362 e. The third-order valence-electron chi connectivity index (χ3n) is 11.5. The van der Waals surface area contributed by atoms with Gasteiger partial charge >= 0.3 is 17.9 Å². The molecule has 360 valence electrons. The number of hydrogen-bond donors (Lipinski definition) is 1. The van der Waals surface area contributed by atoms with Crippen molar-refractivity contribution >= 4 is 17.9 Å². The summed E-state index contributed by atoms with van der Waals surface area (Å²) < 4.78 is 17.3. The van der Waals surface area contributed by atoms with Crippen LogP contribution in [0.4, 0.5) is 0 Å². The molecule has 2 unspecified atom stereocenters. The summed E-state index contributed by atoms with van der Waals surface area (Å²) in [6, 6.07) is -0.618. The number of quaternary nitrogens is 1. The second-order valence-corrected chi connectivity index (χ2v) is 18.4. The first kappa shape index (κ1) is 59.3. The number of hydrogen-bond acceptors (Lipinski definition) is 6. The van der Waals surface area contributed by atoms with Crippen molar-refractivity contribution in [2.45, 2.75) is 238 Å². The van der Waals surface area contributed by atoms with E-state index in [0.29, 0.717) is 19.3 Å². The van der Waals surface area contributed by atoms with Crippen molar-refractivity contribution in [2.24, 2.45) is 0 Å². The average molecular weight is 873 g/mol. The number of carboxylic acids is 1. The van der Waals surface area contributed by atoms with E-state index in [-0.39, 0.29) is 36.2 Å². The molecule has 0 aromatic carbocycles. The number of nitrogens with zero attached hydrogens (tertiary/aromatic N) is 1. The molecule has 0 heterocycles. The first-order valence-corrected chi connectivity index (χ1v) is 25.7. The van der Waals surface area contributed by atoms with Crippen LogP contribution in [0, 0.1) is 0 Å². The number of unbranched alkanes of at least 4 members (excludes halogenated alkanes) is 24. The first-order chi connectivity index (χ1) is 30.1. The van der Waals surface area contributed by atoms with Crippen LogP contribution in [-0.2, 0) is 28.6 Å². The molecular formula is C54H98NO7+. The van der Waals surface area contributed by atoms with E-state index in [2.05, 4.69) is 62.5 Å². The molecule has 0 aliphatic rings. The van der Waals surface area contributed by atoms with Crippen LogP contribution in [0.2, 0.25) is 0 Å². The van der Waals surface area contributed by atoms with Crippen molar-refractivity contribution in [3.05, 3.63) is 48.6 Å². The van der Waals surface area contributed by atoms with Gasteiger partial charge < -0.3 is 23.8 Å². The Balaban J connectivity index is 4.24. The smallest absolute Gasteiger partial charge is 0.362 e. The molecule has 0 spiro atoms. The summed E-state index contributed by atoms with van der Waals surface area (Å²) in [7, 11) is 5.53. The molecule has 62 heavy (non-hydrogen) atoms. The van der Waals surface area contributed by atoms with E-state index in [1.165, 1.54) is 128 Å². The Morgan fingerprint density at radius 2 is 0.903 bits per heavy atom. The van der Waals surface area contributed by atoms with E-state index in [1.807, 2.05) is 21.1 Å². The summed E-state index contributed by atoms with van der Waals surface area (Å²) >= 11 is 0. The molecule has 8 heteroatoms. The zero-order valence-electron chi connectivity index (χ0n) is 41.1. The number of carboxylic acid groups (broad SMARTS) is 1. The Labute approximate surface area is 382 Å². The van der Waals surface area contributed by atoms with Gasteiger partial charge in [-0.25, -0.2) is 4.79 Å². The fourth-order valence-corrected chi connectivity index (χ4v) is 7.51. The van der Waals surface area contributed by atoms with Crippen molar-refractivity contribution in [3.8, 4) is 0 Å². The number of likely N-dealkylation sites (N-methyl/N-ethyl adjacent to an activating group) is 1. The molecule has 0 amide bonds. The highest BCUT2D eigenvalue weighted by atomic mass is 16.6. The Morgan fingerprint density at radius 1 is 0.500 bits per heavy atom. The molecule has 1 N–H and O–H groups in total. The molecule has 0 rings (SSSR count). The van der Waals surface area contributed by atoms with Crippen molar-refractivity contribution in [3.63, 3.8) is 0 Å². The zero-order chi connectivity index (χ0) is 45.6. The third kappa shape index (κ3) is 42.6. The van der Waals surface area contributed by atoms with Crippen LogP contribution in [-0.4, -0.2) is 80.6 Å². The summed E-state index contributed by atoms with van der Waals surface area (Å²) in [5.74, 6) is -1.48. The van der Waals surface area contributed by atoms with Crippen LogP contribution < -0.4 is 0 Å². The second kappa shape index (κ2) is 44.9. The van der Waals surface area contributed by atoms with Crippen molar-refractivity contribution in [1.29, 1.82) is 0 Å². The lowest BCUT2D eigenvalue weighted by Gasteiger charge is -2.31. The van der Waals surface area contributed by atoms with E-state index in [9.17, 15) is 19.5 Å². The standard InChI is InChI=1S/C54H97NO7/c1-6-8-10-12-14-16-18-20-22-24-25-26-27-29-30-32-34-36-38-40-42-44-52(56)61-49-50(48-60-47-46-51(54(58)59)55(3,4)5)62-53(57)45-43-41-39-37-35-33-31-28-23-21-19-17-15-13-11-9-7-2/h9,11,15,17,21,23-25,50-51H,6-8,10,12-14,16,18-20,22,26-49H2,1-5H3/p+1/b11-9-,17-15-,23-21-,25-24-. The summed E-state index contributed by atoms with van der Waals surface area (Å²) in [6.07, 6.45) is 54.4. The maximum absolute atomic E-state index is 12.8. The van der Waals surface area contributed by atoms with E-state index < -0.39 is 18.1 Å². The highest BCUT2D eigenvalue weighted by molar-refractivity contribution is 5.72. The highest BCUT2D eigenvalue weighted by Gasteiger charge is 2.31. The summed E-state index contributed by atoms with van der Waals surface area (Å²) in [5, 5.41) is 9.65. The number of ether oxygens (including phenoxy) is 3. The molecule has 0 aromatic rings. The molecule has 0 fully saturated rings. The van der Waals surface area contributed by atoms with E-state index in [1.54, 1.807) is 0 Å². The Morgan fingerprint density at radius 3 is 1.35 bits per heavy atom. The first-order valence-electron chi connectivity index (χ1n) is 25.7. The number of rotatable bonds is 46. The van der Waals surface area contributed by atoms with Crippen LogP contribution in [0.5, 0.6) is 0 Å². The predicted molar refractivity (Wildman–Crippen MR) is 261 cm³/mol. The SMILES string of the molecule is CC/C=C\C/C=C\C/C=C\CCCCCCCCCC(=O)OC(COCCC(C(=O)O)[N+](C)(C)C)COC(=O)CCCCCCCCCCC/C=C\CCCCCCCCCC. The molecule has 0 aliphatic heterocycles. The van der Waals surface area contributed by atoms with Crippen molar-refractivity contribution in [1.82, 2.24) is 0 Å². The van der Waals surface area contributed by atoms with Gasteiger partial charge in [-0.3, -0.25) is 9.59 Å². The zero-order valence-corrected chi connectivity index (χ0v) is 41.1. The van der Waals surface area contributed by atoms with E-state index >= 15 is 0 Å². The molecule has 8 nitrogen and oxygen atoms in total. The number of allylic oxidation sites excluding steroid dienone is 8. The van der Waals surface area contributed by atoms with Gasteiger partial charge in [0.25, 0.3) is 0 Å². The van der Waals surface area contributed by atoms with Crippen molar-refractivity contribution < 1.29 is 38.2 Å². The van der Waals surface area contributed by atoms with E-state index in [4.69, 9.17) is 14.2 Å². The summed E-state index contributed by atoms with van der Waals surface area (Å²) in [6.45, 7) is 4.64. The minimum atomic E-state index is -0.876. The van der Waals surface area contributed by atoms with Gasteiger partial charge in [0, 0.05) is 19.3 Å². The Kier molecular flexibility index (Phi) is 42.9. The van der Waals surface area contributed by atoms with Gasteiger partial charge in [-0.2, -0.15) is 0 Å².